The lowest BCUT2D eigenvalue weighted by Crippen LogP contribution is -2.11. The van der Waals surface area contributed by atoms with E-state index < -0.39 is 0 Å². The van der Waals surface area contributed by atoms with E-state index in [-0.39, 0.29) is 5.84 Å². The summed E-state index contributed by atoms with van der Waals surface area (Å²) in [6.45, 7) is 1.91. The summed E-state index contributed by atoms with van der Waals surface area (Å²) in [5.41, 5.74) is 7.15. The van der Waals surface area contributed by atoms with Gasteiger partial charge in [0, 0.05) is 16.2 Å². The van der Waals surface area contributed by atoms with Crippen molar-refractivity contribution in [3.63, 3.8) is 0 Å². The summed E-state index contributed by atoms with van der Waals surface area (Å²) < 4.78 is 0. The fourth-order valence-corrected chi connectivity index (χ4v) is 3.14. The van der Waals surface area contributed by atoms with Gasteiger partial charge in [0.05, 0.1) is 0 Å². The Balaban J connectivity index is 1.96. The molecule has 3 rings (SSSR count). The average molecular weight is 293 g/mol. The Morgan fingerprint density at radius 2 is 1.81 bits per heavy atom. The second kappa shape index (κ2) is 5.58. The summed E-state index contributed by atoms with van der Waals surface area (Å²) in [7, 11) is 0. The molecule has 0 unspecified atom stereocenters. The topological polar surface area (TPSA) is 62.8 Å². The van der Waals surface area contributed by atoms with Crippen LogP contribution in [-0.4, -0.2) is 10.8 Å². The van der Waals surface area contributed by atoms with Crippen molar-refractivity contribution in [3.8, 4) is 0 Å². The van der Waals surface area contributed by atoms with Crippen molar-refractivity contribution < 1.29 is 0 Å². The van der Waals surface area contributed by atoms with Gasteiger partial charge >= 0.3 is 0 Å². The number of pyridine rings is 1. The zero-order chi connectivity index (χ0) is 14.8. The van der Waals surface area contributed by atoms with Gasteiger partial charge in [-0.05, 0) is 42.0 Å². The standard InChI is InChI=1S/C17H15N3S/c1-11-8-14(17(18)19)10-16(20-11)21-15-7-6-12-4-2-3-5-13(12)9-15/h2-10H,1H3,(H3,18,19). The molecular weight excluding hydrogens is 278 g/mol. The highest BCUT2D eigenvalue weighted by Crippen LogP contribution is 2.29. The number of aromatic nitrogens is 1. The smallest absolute Gasteiger partial charge is 0.122 e. The van der Waals surface area contributed by atoms with E-state index in [1.807, 2.05) is 31.2 Å². The van der Waals surface area contributed by atoms with Crippen LogP contribution in [0.15, 0.2) is 64.5 Å². The van der Waals surface area contributed by atoms with Crippen LogP contribution in [0, 0.1) is 12.3 Å². The summed E-state index contributed by atoms with van der Waals surface area (Å²) in [6.07, 6.45) is 0. The van der Waals surface area contributed by atoms with Crippen molar-refractivity contribution in [1.29, 1.82) is 5.41 Å². The molecule has 21 heavy (non-hydrogen) atoms. The summed E-state index contributed by atoms with van der Waals surface area (Å²) in [4.78, 5) is 5.63. The molecule has 0 saturated heterocycles. The van der Waals surface area contributed by atoms with Crippen LogP contribution < -0.4 is 5.73 Å². The maximum atomic E-state index is 7.56. The number of nitrogens with two attached hydrogens (primary N) is 1. The second-order valence-corrected chi connectivity index (χ2v) is 5.95. The van der Waals surface area contributed by atoms with Gasteiger partial charge in [-0.2, -0.15) is 0 Å². The number of nitrogens with zero attached hydrogens (tertiary/aromatic N) is 1. The van der Waals surface area contributed by atoms with Crippen LogP contribution in [0.5, 0.6) is 0 Å². The van der Waals surface area contributed by atoms with Crippen molar-refractivity contribution in [3.05, 3.63) is 65.9 Å². The largest absolute Gasteiger partial charge is 0.384 e. The molecule has 104 valence electrons. The first-order valence-electron chi connectivity index (χ1n) is 6.61. The Hall–Kier alpha value is -2.33. The highest BCUT2D eigenvalue weighted by Gasteiger charge is 2.05. The van der Waals surface area contributed by atoms with Gasteiger partial charge in [-0.25, -0.2) is 4.98 Å². The number of amidine groups is 1. The normalized spacial score (nSPS) is 10.7. The molecule has 0 aliphatic rings. The van der Waals surface area contributed by atoms with Crippen molar-refractivity contribution in [1.82, 2.24) is 4.98 Å². The third kappa shape index (κ3) is 3.06. The molecule has 4 heteroatoms. The molecule has 0 aliphatic carbocycles. The molecule has 0 aliphatic heterocycles. The summed E-state index contributed by atoms with van der Waals surface area (Å²) >= 11 is 1.58. The molecule has 0 amide bonds. The van der Waals surface area contributed by atoms with Crippen LogP contribution in [0.2, 0.25) is 0 Å². The molecule has 1 heterocycles. The molecular formula is C17H15N3S. The van der Waals surface area contributed by atoms with Gasteiger partial charge in [0.25, 0.3) is 0 Å². The summed E-state index contributed by atoms with van der Waals surface area (Å²) in [6, 6.07) is 18.3. The molecule has 0 atom stereocenters. The highest BCUT2D eigenvalue weighted by atomic mass is 32.2. The number of benzene rings is 2. The number of rotatable bonds is 3. The van der Waals surface area contributed by atoms with Crippen molar-refractivity contribution in [2.75, 3.05) is 0 Å². The molecule has 0 radical (unpaired) electrons. The number of hydrogen-bond donors (Lipinski definition) is 2. The molecule has 3 N–H and O–H groups in total. The first-order chi connectivity index (χ1) is 10.1. The van der Waals surface area contributed by atoms with Crippen molar-refractivity contribution in [2.45, 2.75) is 16.8 Å². The maximum Gasteiger partial charge on any atom is 0.122 e. The summed E-state index contributed by atoms with van der Waals surface area (Å²) in [5.74, 6) is 0.0702. The molecule has 0 saturated carbocycles. The zero-order valence-corrected chi connectivity index (χ0v) is 12.4. The monoisotopic (exact) mass is 293 g/mol. The van der Waals surface area contributed by atoms with Gasteiger partial charge in [-0.3, -0.25) is 5.41 Å². The fraction of sp³-hybridized carbons (Fsp3) is 0.0588. The van der Waals surface area contributed by atoms with Crippen LogP contribution in [0.4, 0.5) is 0 Å². The van der Waals surface area contributed by atoms with Gasteiger partial charge in [-0.1, -0.05) is 42.1 Å². The van der Waals surface area contributed by atoms with Gasteiger partial charge in [0.1, 0.15) is 10.9 Å². The van der Waals surface area contributed by atoms with Gasteiger partial charge in [0.15, 0.2) is 0 Å². The maximum absolute atomic E-state index is 7.56. The van der Waals surface area contributed by atoms with E-state index in [1.165, 1.54) is 10.8 Å². The van der Waals surface area contributed by atoms with Crippen molar-refractivity contribution in [2.24, 2.45) is 5.73 Å². The van der Waals surface area contributed by atoms with E-state index in [2.05, 4.69) is 35.3 Å². The number of hydrogen-bond acceptors (Lipinski definition) is 3. The van der Waals surface area contributed by atoms with Gasteiger partial charge in [-0.15, -0.1) is 0 Å². The quantitative estimate of drug-likeness (QED) is 0.567. The zero-order valence-electron chi connectivity index (χ0n) is 11.6. The third-order valence-corrected chi connectivity index (χ3v) is 4.09. The number of fused-ring (bicyclic) bond motifs is 1. The Bertz CT molecular complexity index is 827. The van der Waals surface area contributed by atoms with Gasteiger partial charge < -0.3 is 5.73 Å². The number of nitrogens with one attached hydrogen (secondary N) is 1. The predicted octanol–water partition coefficient (Wildman–Crippen LogP) is 3.98. The van der Waals surface area contributed by atoms with Crippen LogP contribution >= 0.6 is 11.8 Å². The Morgan fingerprint density at radius 3 is 2.57 bits per heavy atom. The van der Waals surface area contributed by atoms with Crippen LogP contribution in [0.1, 0.15) is 11.3 Å². The first kappa shape index (κ1) is 13.6. The Morgan fingerprint density at radius 1 is 1.05 bits per heavy atom. The predicted molar refractivity (Wildman–Crippen MR) is 88.1 cm³/mol. The second-order valence-electron chi connectivity index (χ2n) is 4.86. The van der Waals surface area contributed by atoms with E-state index in [4.69, 9.17) is 11.1 Å². The van der Waals surface area contributed by atoms with Crippen LogP contribution in [0.25, 0.3) is 10.8 Å². The highest BCUT2D eigenvalue weighted by molar-refractivity contribution is 7.99. The van der Waals surface area contributed by atoms with Gasteiger partial charge in [0.2, 0.25) is 0 Å². The van der Waals surface area contributed by atoms with E-state index in [0.717, 1.165) is 15.6 Å². The molecule has 3 aromatic rings. The van der Waals surface area contributed by atoms with E-state index >= 15 is 0 Å². The number of aryl methyl sites for hydroxylation is 1. The number of nitrogen functional groups attached to an aromatic ring is 1. The minimum Gasteiger partial charge on any atom is -0.384 e. The van der Waals surface area contributed by atoms with Crippen LogP contribution in [-0.2, 0) is 0 Å². The SMILES string of the molecule is Cc1cc(C(=N)N)cc(Sc2ccc3ccccc3c2)n1. The Kier molecular flexibility index (Phi) is 3.62. The minimum atomic E-state index is 0.0702. The fourth-order valence-electron chi connectivity index (χ4n) is 2.20. The molecule has 2 aromatic carbocycles. The van der Waals surface area contributed by atoms with Crippen LogP contribution in [0.3, 0.4) is 0 Å². The minimum absolute atomic E-state index is 0.0702. The molecule has 0 fully saturated rings. The van der Waals surface area contributed by atoms with E-state index in [9.17, 15) is 0 Å². The molecule has 3 nitrogen and oxygen atoms in total. The van der Waals surface area contributed by atoms with E-state index in [1.54, 1.807) is 11.8 Å². The third-order valence-electron chi connectivity index (χ3n) is 3.18. The van der Waals surface area contributed by atoms with E-state index in [0.29, 0.717) is 5.56 Å². The molecule has 1 aromatic heterocycles. The molecule has 0 bridgehead atoms. The first-order valence-corrected chi connectivity index (χ1v) is 7.43. The summed E-state index contributed by atoms with van der Waals surface area (Å²) in [5, 5.41) is 10.8. The lowest BCUT2D eigenvalue weighted by molar-refractivity contribution is 1.06. The lowest BCUT2D eigenvalue weighted by atomic mass is 10.1. The lowest BCUT2D eigenvalue weighted by Gasteiger charge is -2.06. The Labute approximate surface area is 127 Å². The average Bonchev–Trinajstić information content (AvgIpc) is 2.46. The van der Waals surface area contributed by atoms with Crippen molar-refractivity contribution >= 4 is 28.4 Å². The molecule has 0 spiro atoms.